The molecule has 0 fully saturated rings. The van der Waals surface area contributed by atoms with Crippen molar-refractivity contribution < 1.29 is 13.6 Å². The Balaban J connectivity index is 4.80. The zero-order valence-electron chi connectivity index (χ0n) is 8.38. The Labute approximate surface area is 74.3 Å². The van der Waals surface area contributed by atoms with Crippen LogP contribution in [0.2, 0.25) is 0 Å². The van der Waals surface area contributed by atoms with E-state index in [4.69, 9.17) is 9.05 Å². The molecule has 0 aromatic carbocycles. The van der Waals surface area contributed by atoms with Crippen molar-refractivity contribution in [3.8, 4) is 0 Å². The van der Waals surface area contributed by atoms with Crippen LogP contribution in [0.5, 0.6) is 0 Å². The summed E-state index contributed by atoms with van der Waals surface area (Å²) < 4.78 is 21.4. The van der Waals surface area contributed by atoms with E-state index in [1.165, 1.54) is 14.2 Å². The number of allylic oxidation sites excluding steroid dienone is 1. The second-order valence-corrected chi connectivity index (χ2v) is 5.82. The van der Waals surface area contributed by atoms with Crippen LogP contribution in [0.1, 0.15) is 20.8 Å². The molecule has 0 spiro atoms. The summed E-state index contributed by atoms with van der Waals surface area (Å²) in [4.78, 5) is 0. The van der Waals surface area contributed by atoms with E-state index in [1.54, 1.807) is 0 Å². The summed E-state index contributed by atoms with van der Waals surface area (Å²) in [6.45, 7) is 9.48. The van der Waals surface area contributed by atoms with Gasteiger partial charge in [0.05, 0.1) is 0 Å². The van der Waals surface area contributed by atoms with E-state index in [9.17, 15) is 4.57 Å². The molecule has 0 rings (SSSR count). The Hall–Kier alpha value is -0.110. The van der Waals surface area contributed by atoms with E-state index in [-0.39, 0.29) is 5.41 Å². The van der Waals surface area contributed by atoms with E-state index in [2.05, 4.69) is 6.58 Å². The molecule has 0 unspecified atom stereocenters. The van der Waals surface area contributed by atoms with Crippen LogP contribution in [0.25, 0.3) is 0 Å². The van der Waals surface area contributed by atoms with Gasteiger partial charge >= 0.3 is 7.60 Å². The molecule has 0 atom stereocenters. The lowest BCUT2D eigenvalue weighted by atomic mass is 9.97. The highest BCUT2D eigenvalue weighted by Crippen LogP contribution is 2.59. The molecule has 0 aromatic heterocycles. The molecule has 72 valence electrons. The first-order valence-electron chi connectivity index (χ1n) is 3.69. The minimum absolute atomic E-state index is 0.262. The average Bonchev–Trinajstić information content (AvgIpc) is 2.00. The van der Waals surface area contributed by atoms with Gasteiger partial charge in [0.25, 0.3) is 0 Å². The summed E-state index contributed by atoms with van der Waals surface area (Å²) in [6.07, 6.45) is 0. The van der Waals surface area contributed by atoms with Gasteiger partial charge in [0.1, 0.15) is 0 Å². The van der Waals surface area contributed by atoms with Crippen molar-refractivity contribution in [1.82, 2.24) is 0 Å². The predicted octanol–water partition coefficient (Wildman–Crippen LogP) is 3.03. The third kappa shape index (κ3) is 2.44. The summed E-state index contributed by atoms with van der Waals surface area (Å²) >= 11 is 0. The fourth-order valence-electron chi connectivity index (χ4n) is 0.706. The fourth-order valence-corrected chi connectivity index (χ4v) is 2.12. The second kappa shape index (κ2) is 3.73. The van der Waals surface area contributed by atoms with Gasteiger partial charge in [-0.2, -0.15) is 0 Å². The van der Waals surface area contributed by atoms with Crippen molar-refractivity contribution in [2.75, 3.05) is 14.2 Å². The lowest BCUT2D eigenvalue weighted by molar-refractivity contribution is 0.275. The molecule has 0 N–H and O–H groups in total. The zero-order chi connectivity index (χ0) is 9.99. The van der Waals surface area contributed by atoms with E-state index in [0.717, 1.165) is 0 Å². The van der Waals surface area contributed by atoms with Crippen LogP contribution in [0.4, 0.5) is 0 Å². The molecule has 0 bridgehead atoms. The Morgan fingerprint density at radius 1 is 1.25 bits per heavy atom. The van der Waals surface area contributed by atoms with Gasteiger partial charge in [-0.3, -0.25) is 4.57 Å². The summed E-state index contributed by atoms with van der Waals surface area (Å²) in [5.41, 5.74) is -0.262. The monoisotopic (exact) mass is 192 g/mol. The third-order valence-corrected chi connectivity index (χ3v) is 3.97. The standard InChI is InChI=1S/C8H17O3P/c1-7(8(2,3)4)12(9,10-5)11-6/h1H2,2-6H3. The zero-order valence-corrected chi connectivity index (χ0v) is 9.27. The lowest BCUT2D eigenvalue weighted by Gasteiger charge is -2.26. The minimum Gasteiger partial charge on any atom is -0.309 e. The molecule has 0 aliphatic carbocycles. The van der Waals surface area contributed by atoms with Crippen molar-refractivity contribution in [3.05, 3.63) is 11.9 Å². The Bertz CT molecular complexity index is 207. The largest absolute Gasteiger partial charge is 0.356 e. The van der Waals surface area contributed by atoms with Gasteiger partial charge in [-0.25, -0.2) is 0 Å². The van der Waals surface area contributed by atoms with Gasteiger partial charge in [-0.15, -0.1) is 0 Å². The highest BCUT2D eigenvalue weighted by Gasteiger charge is 2.33. The SMILES string of the molecule is C=C(C(C)(C)C)P(=O)(OC)OC. The van der Waals surface area contributed by atoms with Gasteiger partial charge in [-0.1, -0.05) is 27.4 Å². The molecule has 0 saturated carbocycles. The summed E-state index contributed by atoms with van der Waals surface area (Å²) in [5, 5.41) is 0.500. The van der Waals surface area contributed by atoms with Gasteiger partial charge in [0.15, 0.2) is 0 Å². The van der Waals surface area contributed by atoms with E-state index in [1.807, 2.05) is 20.8 Å². The van der Waals surface area contributed by atoms with Crippen LogP contribution in [-0.4, -0.2) is 14.2 Å². The molecular weight excluding hydrogens is 175 g/mol. The topological polar surface area (TPSA) is 35.5 Å². The van der Waals surface area contributed by atoms with Gasteiger partial charge in [0, 0.05) is 19.5 Å². The van der Waals surface area contributed by atoms with Crippen molar-refractivity contribution in [2.45, 2.75) is 20.8 Å². The van der Waals surface area contributed by atoms with Crippen LogP contribution in [-0.2, 0) is 13.6 Å². The van der Waals surface area contributed by atoms with Gasteiger partial charge < -0.3 is 9.05 Å². The third-order valence-electron chi connectivity index (χ3n) is 1.68. The molecule has 0 radical (unpaired) electrons. The van der Waals surface area contributed by atoms with Crippen molar-refractivity contribution in [1.29, 1.82) is 0 Å². The van der Waals surface area contributed by atoms with Crippen molar-refractivity contribution >= 4 is 7.60 Å². The number of hydrogen-bond donors (Lipinski definition) is 0. The quantitative estimate of drug-likeness (QED) is 0.645. The van der Waals surface area contributed by atoms with Gasteiger partial charge in [0.2, 0.25) is 0 Å². The lowest BCUT2D eigenvalue weighted by Crippen LogP contribution is -2.10. The fraction of sp³-hybridized carbons (Fsp3) is 0.750. The molecule has 3 nitrogen and oxygen atoms in total. The van der Waals surface area contributed by atoms with E-state index >= 15 is 0 Å². The van der Waals surface area contributed by atoms with Crippen LogP contribution in [0.3, 0.4) is 0 Å². The molecule has 0 aliphatic heterocycles. The van der Waals surface area contributed by atoms with Crippen molar-refractivity contribution in [2.24, 2.45) is 5.41 Å². The van der Waals surface area contributed by atoms with Crippen LogP contribution in [0.15, 0.2) is 11.9 Å². The molecule has 0 saturated heterocycles. The Morgan fingerprint density at radius 3 is 1.67 bits per heavy atom. The normalized spacial score (nSPS) is 13.1. The first-order chi connectivity index (χ1) is 5.28. The number of rotatable bonds is 3. The minimum atomic E-state index is -3.09. The maximum Gasteiger partial charge on any atom is 0.356 e. The molecule has 12 heavy (non-hydrogen) atoms. The van der Waals surface area contributed by atoms with E-state index in [0.29, 0.717) is 5.31 Å². The molecule has 0 aliphatic rings. The molecule has 0 heterocycles. The van der Waals surface area contributed by atoms with Crippen LogP contribution < -0.4 is 0 Å². The average molecular weight is 192 g/mol. The smallest absolute Gasteiger partial charge is 0.309 e. The van der Waals surface area contributed by atoms with E-state index < -0.39 is 7.60 Å². The maximum atomic E-state index is 11.8. The van der Waals surface area contributed by atoms with Crippen LogP contribution >= 0.6 is 7.60 Å². The highest BCUT2D eigenvalue weighted by atomic mass is 31.2. The Morgan fingerprint density at radius 2 is 1.58 bits per heavy atom. The molecule has 4 heteroatoms. The number of hydrogen-bond acceptors (Lipinski definition) is 3. The molecular formula is C8H17O3P. The first kappa shape index (κ1) is 11.9. The second-order valence-electron chi connectivity index (χ2n) is 3.56. The van der Waals surface area contributed by atoms with Gasteiger partial charge in [-0.05, 0) is 5.41 Å². The first-order valence-corrected chi connectivity index (χ1v) is 5.23. The van der Waals surface area contributed by atoms with Crippen LogP contribution in [0, 0.1) is 5.41 Å². The van der Waals surface area contributed by atoms with Crippen molar-refractivity contribution in [3.63, 3.8) is 0 Å². The molecule has 0 aromatic rings. The summed E-state index contributed by atoms with van der Waals surface area (Å²) in [6, 6.07) is 0. The predicted molar refractivity (Wildman–Crippen MR) is 50.2 cm³/mol. The molecule has 0 amide bonds. The maximum absolute atomic E-state index is 11.8. The summed E-state index contributed by atoms with van der Waals surface area (Å²) in [7, 11) is -0.364. The Kier molecular flexibility index (Phi) is 3.70. The summed E-state index contributed by atoms with van der Waals surface area (Å²) in [5.74, 6) is 0. The highest BCUT2D eigenvalue weighted by molar-refractivity contribution is 7.58.